The number of anilines is 2. The molecule has 3 N–H and O–H groups in total. The Kier molecular flexibility index (Phi) is 9.51. The minimum atomic E-state index is 0. The zero-order chi connectivity index (χ0) is 20.6. The molecular weight excluding hydrogens is 493 g/mol. The molecule has 8 heteroatoms. The van der Waals surface area contributed by atoms with Crippen LogP contribution in [0.4, 0.5) is 11.4 Å². The summed E-state index contributed by atoms with van der Waals surface area (Å²) in [5, 5.41) is 3.12. The number of hydrogen-bond acceptors (Lipinski definition) is 5. The summed E-state index contributed by atoms with van der Waals surface area (Å²) in [4.78, 5) is 9.42. The van der Waals surface area contributed by atoms with Gasteiger partial charge in [0, 0.05) is 44.0 Å². The van der Waals surface area contributed by atoms with Crippen LogP contribution in [0.5, 0.6) is 11.5 Å². The fourth-order valence-electron chi connectivity index (χ4n) is 3.49. The van der Waals surface area contributed by atoms with Crippen LogP contribution in [0.2, 0.25) is 0 Å². The lowest BCUT2D eigenvalue weighted by molar-refractivity contribution is 0.201. The van der Waals surface area contributed by atoms with E-state index in [-0.39, 0.29) is 24.0 Å². The van der Waals surface area contributed by atoms with Crippen LogP contribution < -0.4 is 25.4 Å². The summed E-state index contributed by atoms with van der Waals surface area (Å²) in [7, 11) is 3.25. The van der Waals surface area contributed by atoms with Crippen LogP contribution >= 0.6 is 24.0 Å². The van der Waals surface area contributed by atoms with Gasteiger partial charge in [0.1, 0.15) is 11.5 Å². The summed E-state index contributed by atoms with van der Waals surface area (Å²) in [6.45, 7) is 6.91. The monoisotopic (exact) mass is 525 g/mol. The Morgan fingerprint density at radius 2 is 1.77 bits per heavy atom. The van der Waals surface area contributed by atoms with Gasteiger partial charge in [-0.2, -0.15) is 0 Å². The van der Waals surface area contributed by atoms with E-state index in [2.05, 4.69) is 57.4 Å². The molecule has 0 bridgehead atoms. The summed E-state index contributed by atoms with van der Waals surface area (Å²) in [6.07, 6.45) is 0. The van der Waals surface area contributed by atoms with Crippen molar-refractivity contribution >= 4 is 41.3 Å². The topological polar surface area (TPSA) is 75.3 Å². The normalized spacial score (nSPS) is 15.8. The molecule has 1 atom stereocenters. The first-order valence-corrected chi connectivity index (χ1v) is 9.93. The number of hydrogen-bond donors (Lipinski definition) is 2. The maximum atomic E-state index is 6.11. The van der Waals surface area contributed by atoms with E-state index in [1.54, 1.807) is 14.2 Å². The molecule has 2 aromatic rings. The van der Waals surface area contributed by atoms with Crippen LogP contribution in [-0.4, -0.2) is 63.8 Å². The number of benzene rings is 2. The number of piperazine rings is 1. The molecule has 2 aromatic carbocycles. The number of methoxy groups -OCH3 is 2. The van der Waals surface area contributed by atoms with Gasteiger partial charge in [-0.1, -0.05) is 18.2 Å². The number of ether oxygens (including phenoxy) is 2. The van der Waals surface area contributed by atoms with Crippen molar-refractivity contribution in [1.82, 2.24) is 4.90 Å². The van der Waals surface area contributed by atoms with Gasteiger partial charge in [0.05, 0.1) is 26.5 Å². The molecule has 0 spiro atoms. The first-order valence-electron chi connectivity index (χ1n) is 9.93. The van der Waals surface area contributed by atoms with Crippen molar-refractivity contribution in [3.8, 4) is 11.5 Å². The maximum absolute atomic E-state index is 6.11. The van der Waals surface area contributed by atoms with E-state index in [1.807, 2.05) is 18.2 Å². The van der Waals surface area contributed by atoms with Crippen LogP contribution in [-0.2, 0) is 0 Å². The number of guanidine groups is 1. The number of halogens is 1. The smallest absolute Gasteiger partial charge is 0.193 e. The van der Waals surface area contributed by atoms with Crippen LogP contribution in [0.1, 0.15) is 6.92 Å². The molecular formula is C22H32IN5O2. The van der Waals surface area contributed by atoms with E-state index in [0.29, 0.717) is 24.3 Å². The van der Waals surface area contributed by atoms with Gasteiger partial charge < -0.3 is 25.4 Å². The predicted octanol–water partition coefficient (Wildman–Crippen LogP) is 3.26. The first-order chi connectivity index (χ1) is 14.1. The Hall–Kier alpha value is -2.20. The Bertz CT molecular complexity index is 810. The van der Waals surface area contributed by atoms with Crippen LogP contribution in [0, 0.1) is 0 Å². The van der Waals surface area contributed by atoms with E-state index in [1.165, 1.54) is 5.69 Å². The van der Waals surface area contributed by atoms with Crippen molar-refractivity contribution in [1.29, 1.82) is 0 Å². The zero-order valence-corrected chi connectivity index (χ0v) is 20.2. The molecule has 1 saturated heterocycles. The lowest BCUT2D eigenvalue weighted by atomic mass is 10.2. The molecule has 0 aliphatic carbocycles. The first kappa shape index (κ1) is 24.1. The van der Waals surface area contributed by atoms with E-state index in [4.69, 9.17) is 15.2 Å². The van der Waals surface area contributed by atoms with Gasteiger partial charge >= 0.3 is 0 Å². The molecule has 1 unspecified atom stereocenters. The summed E-state index contributed by atoms with van der Waals surface area (Å²) >= 11 is 0. The third kappa shape index (κ3) is 6.40. The van der Waals surface area contributed by atoms with Crippen LogP contribution in [0.3, 0.4) is 0 Å². The molecule has 1 heterocycles. The highest BCUT2D eigenvalue weighted by atomic mass is 127. The average Bonchev–Trinajstić information content (AvgIpc) is 2.78. The van der Waals surface area contributed by atoms with Gasteiger partial charge in [-0.05, 0) is 31.2 Å². The number of rotatable bonds is 7. The zero-order valence-electron chi connectivity index (χ0n) is 17.9. The van der Waals surface area contributed by atoms with Crippen LogP contribution in [0.15, 0.2) is 53.5 Å². The largest absolute Gasteiger partial charge is 0.497 e. The summed E-state index contributed by atoms with van der Waals surface area (Å²) < 4.78 is 10.6. The number of nitrogens with one attached hydrogen (secondary N) is 1. The van der Waals surface area contributed by atoms with Crippen molar-refractivity contribution in [2.24, 2.45) is 10.7 Å². The van der Waals surface area contributed by atoms with Gasteiger partial charge in [0.15, 0.2) is 5.96 Å². The summed E-state index contributed by atoms with van der Waals surface area (Å²) in [5.41, 5.74) is 8.14. The molecule has 0 amide bonds. The van der Waals surface area contributed by atoms with Crippen molar-refractivity contribution in [2.75, 3.05) is 57.2 Å². The van der Waals surface area contributed by atoms with Crippen molar-refractivity contribution in [3.63, 3.8) is 0 Å². The Balaban J connectivity index is 0.00000320. The van der Waals surface area contributed by atoms with Gasteiger partial charge in [0.2, 0.25) is 0 Å². The third-order valence-corrected chi connectivity index (χ3v) is 5.25. The van der Waals surface area contributed by atoms with Gasteiger partial charge in [-0.15, -0.1) is 24.0 Å². The molecule has 0 saturated carbocycles. The van der Waals surface area contributed by atoms with Gasteiger partial charge in [0.25, 0.3) is 0 Å². The van der Waals surface area contributed by atoms with E-state index in [9.17, 15) is 0 Å². The molecule has 1 aliphatic heterocycles. The highest BCUT2D eigenvalue weighted by Gasteiger charge is 2.21. The van der Waals surface area contributed by atoms with Crippen molar-refractivity contribution in [2.45, 2.75) is 13.0 Å². The van der Waals surface area contributed by atoms with Crippen molar-refractivity contribution < 1.29 is 9.47 Å². The standard InChI is InChI=1S/C22H31N5O2.HI/c1-17(26-11-13-27(14-12-26)18-7-5-4-6-8-18)16-24-22(23)25-20-15-19(28-2)9-10-21(20)29-3;/h4-10,15,17H,11-14,16H2,1-3H3,(H3,23,24,25);1H. The maximum Gasteiger partial charge on any atom is 0.193 e. The SMILES string of the molecule is COc1ccc(OC)c(NC(N)=NCC(C)N2CCN(c3ccccc3)CC2)c1.I. The quantitative estimate of drug-likeness (QED) is 0.329. The lowest BCUT2D eigenvalue weighted by Gasteiger charge is -2.38. The molecule has 3 rings (SSSR count). The van der Waals surface area contributed by atoms with Crippen LogP contribution in [0.25, 0.3) is 0 Å². The molecule has 1 fully saturated rings. The molecule has 0 radical (unpaired) electrons. The second-order valence-electron chi connectivity index (χ2n) is 7.12. The minimum Gasteiger partial charge on any atom is -0.497 e. The van der Waals surface area contributed by atoms with E-state index >= 15 is 0 Å². The van der Waals surface area contributed by atoms with E-state index < -0.39 is 0 Å². The van der Waals surface area contributed by atoms with Crippen molar-refractivity contribution in [3.05, 3.63) is 48.5 Å². The number of nitrogens with two attached hydrogens (primary N) is 1. The second-order valence-corrected chi connectivity index (χ2v) is 7.12. The lowest BCUT2D eigenvalue weighted by Crippen LogP contribution is -2.50. The van der Waals surface area contributed by atoms with E-state index in [0.717, 1.165) is 37.6 Å². The summed E-state index contributed by atoms with van der Waals surface area (Å²) in [6, 6.07) is 16.4. The Morgan fingerprint density at radius 1 is 1.07 bits per heavy atom. The fourth-order valence-corrected chi connectivity index (χ4v) is 3.49. The number of nitrogens with zero attached hydrogens (tertiary/aromatic N) is 3. The molecule has 1 aliphatic rings. The highest BCUT2D eigenvalue weighted by Crippen LogP contribution is 2.28. The number of aliphatic imine (C=N–C) groups is 1. The second kappa shape index (κ2) is 11.8. The molecule has 30 heavy (non-hydrogen) atoms. The molecule has 0 aromatic heterocycles. The summed E-state index contributed by atoms with van der Waals surface area (Å²) in [5.74, 6) is 1.78. The predicted molar refractivity (Wildman–Crippen MR) is 135 cm³/mol. The number of para-hydroxylation sites is 1. The van der Waals surface area contributed by atoms with Gasteiger partial charge in [-0.3, -0.25) is 9.89 Å². The minimum absolute atomic E-state index is 0. The third-order valence-electron chi connectivity index (χ3n) is 5.25. The molecule has 7 nitrogen and oxygen atoms in total. The Morgan fingerprint density at radius 3 is 2.40 bits per heavy atom. The fraction of sp³-hybridized carbons (Fsp3) is 0.409. The molecule has 164 valence electrons. The van der Waals surface area contributed by atoms with Gasteiger partial charge in [-0.25, -0.2) is 0 Å². The highest BCUT2D eigenvalue weighted by molar-refractivity contribution is 14.0. The Labute approximate surface area is 196 Å². The average molecular weight is 525 g/mol.